The van der Waals surface area contributed by atoms with E-state index in [-0.39, 0.29) is 5.82 Å². The Hall–Kier alpha value is -0.800. The SMILES string of the molecule is COc1ccc(CN2CCCC2CCl)c(F)c1. The molecule has 1 saturated heterocycles. The Morgan fingerprint density at radius 3 is 3.00 bits per heavy atom. The van der Waals surface area contributed by atoms with E-state index in [1.807, 2.05) is 0 Å². The van der Waals surface area contributed by atoms with Gasteiger partial charge in [-0.3, -0.25) is 4.90 Å². The normalized spacial score (nSPS) is 20.8. The molecule has 1 aromatic rings. The summed E-state index contributed by atoms with van der Waals surface area (Å²) in [6.07, 6.45) is 2.26. The van der Waals surface area contributed by atoms with Gasteiger partial charge in [-0.15, -0.1) is 11.6 Å². The van der Waals surface area contributed by atoms with Crippen LogP contribution in [0, 0.1) is 5.82 Å². The van der Waals surface area contributed by atoms with Crippen LogP contribution in [0.2, 0.25) is 0 Å². The highest BCUT2D eigenvalue weighted by atomic mass is 35.5. The van der Waals surface area contributed by atoms with Gasteiger partial charge in [0, 0.05) is 30.1 Å². The maximum Gasteiger partial charge on any atom is 0.131 e. The van der Waals surface area contributed by atoms with Gasteiger partial charge in [0.25, 0.3) is 0 Å². The maximum atomic E-state index is 13.8. The summed E-state index contributed by atoms with van der Waals surface area (Å²) in [5.74, 6) is 0.976. The van der Waals surface area contributed by atoms with Gasteiger partial charge in [-0.2, -0.15) is 0 Å². The van der Waals surface area contributed by atoms with Crippen LogP contribution in [0.15, 0.2) is 18.2 Å². The fourth-order valence-electron chi connectivity index (χ4n) is 2.28. The van der Waals surface area contributed by atoms with Crippen molar-refractivity contribution in [2.24, 2.45) is 0 Å². The molecule has 94 valence electrons. The third-order valence-corrected chi connectivity index (χ3v) is 3.67. The van der Waals surface area contributed by atoms with Gasteiger partial charge in [-0.05, 0) is 25.5 Å². The first kappa shape index (κ1) is 12.7. The first-order valence-electron chi connectivity index (χ1n) is 5.87. The second-order valence-electron chi connectivity index (χ2n) is 4.38. The predicted octanol–water partition coefficient (Wildman–Crippen LogP) is 3.04. The van der Waals surface area contributed by atoms with Crippen LogP contribution in [-0.4, -0.2) is 30.5 Å². The summed E-state index contributed by atoms with van der Waals surface area (Å²) in [6.45, 7) is 1.63. The zero-order valence-electron chi connectivity index (χ0n) is 9.96. The molecular formula is C13H17ClFNO. The summed E-state index contributed by atoms with van der Waals surface area (Å²) < 4.78 is 18.8. The highest BCUT2D eigenvalue weighted by molar-refractivity contribution is 6.18. The second-order valence-corrected chi connectivity index (χ2v) is 4.69. The van der Waals surface area contributed by atoms with Gasteiger partial charge in [0.05, 0.1) is 7.11 Å². The number of alkyl halides is 1. The van der Waals surface area contributed by atoms with Crippen molar-refractivity contribution >= 4 is 11.6 Å². The fraction of sp³-hybridized carbons (Fsp3) is 0.538. The second kappa shape index (κ2) is 5.69. The number of rotatable bonds is 4. The summed E-state index contributed by atoms with van der Waals surface area (Å²) in [4.78, 5) is 2.25. The monoisotopic (exact) mass is 257 g/mol. The van der Waals surface area contributed by atoms with Crippen molar-refractivity contribution in [3.05, 3.63) is 29.6 Å². The molecule has 1 aromatic carbocycles. The molecule has 1 aliphatic heterocycles. The Morgan fingerprint density at radius 2 is 2.35 bits per heavy atom. The van der Waals surface area contributed by atoms with Crippen LogP contribution in [-0.2, 0) is 6.54 Å². The number of nitrogens with zero attached hydrogens (tertiary/aromatic N) is 1. The van der Waals surface area contributed by atoms with E-state index in [2.05, 4.69) is 4.90 Å². The summed E-state index contributed by atoms with van der Waals surface area (Å²) in [7, 11) is 1.54. The first-order valence-corrected chi connectivity index (χ1v) is 6.40. The molecule has 0 saturated carbocycles. The lowest BCUT2D eigenvalue weighted by atomic mass is 10.1. The van der Waals surface area contributed by atoms with Gasteiger partial charge < -0.3 is 4.74 Å². The number of likely N-dealkylation sites (tertiary alicyclic amines) is 1. The Kier molecular flexibility index (Phi) is 4.24. The van der Waals surface area contributed by atoms with E-state index < -0.39 is 0 Å². The molecule has 0 aliphatic carbocycles. The van der Waals surface area contributed by atoms with Gasteiger partial charge >= 0.3 is 0 Å². The number of benzene rings is 1. The topological polar surface area (TPSA) is 12.5 Å². The highest BCUT2D eigenvalue weighted by Crippen LogP contribution is 2.23. The zero-order valence-corrected chi connectivity index (χ0v) is 10.7. The molecule has 4 heteroatoms. The van der Waals surface area contributed by atoms with Gasteiger partial charge in [0.15, 0.2) is 0 Å². The highest BCUT2D eigenvalue weighted by Gasteiger charge is 2.24. The van der Waals surface area contributed by atoms with E-state index in [0.717, 1.165) is 19.4 Å². The lowest BCUT2D eigenvalue weighted by Gasteiger charge is -2.22. The number of hydrogen-bond acceptors (Lipinski definition) is 2. The minimum absolute atomic E-state index is 0.204. The molecule has 0 bridgehead atoms. The van der Waals surface area contributed by atoms with Crippen LogP contribution in [0.1, 0.15) is 18.4 Å². The molecule has 0 amide bonds. The Bertz CT molecular complexity index is 386. The van der Waals surface area contributed by atoms with Gasteiger partial charge in [0.2, 0.25) is 0 Å². The molecule has 1 heterocycles. The predicted molar refractivity (Wildman–Crippen MR) is 67.1 cm³/mol. The van der Waals surface area contributed by atoms with Gasteiger partial charge in [-0.25, -0.2) is 4.39 Å². The van der Waals surface area contributed by atoms with E-state index in [1.54, 1.807) is 19.2 Å². The van der Waals surface area contributed by atoms with Crippen molar-refractivity contribution in [1.29, 1.82) is 0 Å². The minimum atomic E-state index is -0.204. The van der Waals surface area contributed by atoms with Gasteiger partial charge in [-0.1, -0.05) is 6.07 Å². The van der Waals surface area contributed by atoms with Crippen LogP contribution in [0.25, 0.3) is 0 Å². The summed E-state index contributed by atoms with van der Waals surface area (Å²) in [6, 6.07) is 5.40. The molecule has 17 heavy (non-hydrogen) atoms. The fourth-order valence-corrected chi connectivity index (χ4v) is 2.63. The molecule has 1 fully saturated rings. The summed E-state index contributed by atoms with van der Waals surface area (Å²) >= 11 is 5.90. The number of ether oxygens (including phenoxy) is 1. The Labute approximate surface area is 106 Å². The molecule has 0 N–H and O–H groups in total. The third kappa shape index (κ3) is 2.90. The van der Waals surface area contributed by atoms with Crippen molar-refractivity contribution in [3.8, 4) is 5.75 Å². The number of methoxy groups -OCH3 is 1. The van der Waals surface area contributed by atoms with E-state index >= 15 is 0 Å². The first-order chi connectivity index (χ1) is 8.24. The smallest absolute Gasteiger partial charge is 0.131 e. The van der Waals surface area contributed by atoms with Crippen molar-refractivity contribution in [3.63, 3.8) is 0 Å². The van der Waals surface area contributed by atoms with Crippen molar-refractivity contribution in [2.45, 2.75) is 25.4 Å². The van der Waals surface area contributed by atoms with E-state index in [1.165, 1.54) is 6.07 Å². The average molecular weight is 258 g/mol. The molecule has 0 aromatic heterocycles. The minimum Gasteiger partial charge on any atom is -0.497 e. The molecule has 2 nitrogen and oxygen atoms in total. The molecule has 1 unspecified atom stereocenters. The van der Waals surface area contributed by atoms with Crippen molar-refractivity contribution in [2.75, 3.05) is 19.5 Å². The van der Waals surface area contributed by atoms with Crippen LogP contribution in [0.3, 0.4) is 0 Å². The Balaban J connectivity index is 2.08. The molecule has 1 atom stereocenters. The van der Waals surface area contributed by atoms with Gasteiger partial charge in [0.1, 0.15) is 11.6 Å². The molecule has 0 radical (unpaired) electrons. The van der Waals surface area contributed by atoms with Crippen LogP contribution in [0.5, 0.6) is 5.75 Å². The van der Waals surface area contributed by atoms with Crippen molar-refractivity contribution in [1.82, 2.24) is 4.90 Å². The zero-order chi connectivity index (χ0) is 12.3. The third-order valence-electron chi connectivity index (χ3n) is 3.31. The van der Waals surface area contributed by atoms with E-state index in [9.17, 15) is 4.39 Å². The van der Waals surface area contributed by atoms with Crippen LogP contribution in [0.4, 0.5) is 4.39 Å². The largest absolute Gasteiger partial charge is 0.497 e. The standard InChI is InChI=1S/C13H17ClFNO/c1-17-12-5-4-10(13(15)7-12)9-16-6-2-3-11(16)8-14/h4-5,7,11H,2-3,6,8-9H2,1H3. The lowest BCUT2D eigenvalue weighted by Crippen LogP contribution is -2.30. The summed E-state index contributed by atoms with van der Waals surface area (Å²) in [5, 5.41) is 0. The summed E-state index contributed by atoms with van der Waals surface area (Å²) in [5.41, 5.74) is 0.711. The van der Waals surface area contributed by atoms with E-state index in [4.69, 9.17) is 16.3 Å². The maximum absolute atomic E-state index is 13.8. The van der Waals surface area contributed by atoms with E-state index in [0.29, 0.717) is 29.8 Å². The molecular weight excluding hydrogens is 241 g/mol. The quantitative estimate of drug-likeness (QED) is 0.769. The Morgan fingerprint density at radius 1 is 1.53 bits per heavy atom. The van der Waals surface area contributed by atoms with Crippen LogP contribution < -0.4 is 4.74 Å². The van der Waals surface area contributed by atoms with Crippen molar-refractivity contribution < 1.29 is 9.13 Å². The molecule has 0 spiro atoms. The van der Waals surface area contributed by atoms with Crippen LogP contribution >= 0.6 is 11.6 Å². The number of halogens is 2. The lowest BCUT2D eigenvalue weighted by molar-refractivity contribution is 0.259. The number of hydrogen-bond donors (Lipinski definition) is 0. The molecule has 2 rings (SSSR count). The average Bonchev–Trinajstić information content (AvgIpc) is 2.79. The molecule has 1 aliphatic rings.